The van der Waals surface area contributed by atoms with Crippen LogP contribution in [0.3, 0.4) is 0 Å². The van der Waals surface area contributed by atoms with Crippen LogP contribution in [-0.2, 0) is 0 Å². The van der Waals surface area contributed by atoms with Gasteiger partial charge >= 0.3 is 0 Å². The number of nitrogens with one attached hydrogen (secondary N) is 1. The number of hydrogen-bond acceptors (Lipinski definition) is 3. The van der Waals surface area contributed by atoms with Gasteiger partial charge in [0, 0.05) is 18.7 Å². The van der Waals surface area contributed by atoms with Gasteiger partial charge in [0.25, 0.3) is 5.95 Å². The Hall–Kier alpha value is -1.94. The van der Waals surface area contributed by atoms with Crippen molar-refractivity contribution in [1.29, 1.82) is 0 Å². The molecule has 20 heavy (non-hydrogen) atoms. The van der Waals surface area contributed by atoms with Gasteiger partial charge in [-0.05, 0) is 30.7 Å². The summed E-state index contributed by atoms with van der Waals surface area (Å²) in [4.78, 5) is 3.65. The normalized spacial score (nSPS) is 19.8. The van der Waals surface area contributed by atoms with Gasteiger partial charge in [-0.3, -0.25) is 0 Å². The fourth-order valence-corrected chi connectivity index (χ4v) is 2.61. The van der Waals surface area contributed by atoms with Crippen LogP contribution in [0.15, 0.2) is 48.7 Å². The quantitative estimate of drug-likeness (QED) is 0.869. The monoisotopic (exact) mass is 272 g/mol. The van der Waals surface area contributed by atoms with Crippen molar-refractivity contribution in [3.63, 3.8) is 0 Å². The fraction of sp³-hybridized carbons (Fsp3) is 0.312. The molecule has 2 atom stereocenters. The van der Waals surface area contributed by atoms with Gasteiger partial charge in [-0.1, -0.05) is 30.3 Å². The van der Waals surface area contributed by atoms with Crippen molar-refractivity contribution < 1.29 is 9.13 Å². The van der Waals surface area contributed by atoms with E-state index in [1.165, 1.54) is 6.20 Å². The molecule has 3 nitrogen and oxygen atoms in total. The smallest absolute Gasteiger partial charge is 0.255 e. The molecule has 4 heteroatoms. The van der Waals surface area contributed by atoms with Crippen molar-refractivity contribution in [2.45, 2.75) is 12.5 Å². The van der Waals surface area contributed by atoms with Crippen molar-refractivity contribution in [2.75, 3.05) is 13.1 Å². The molecule has 0 bridgehead atoms. The lowest BCUT2D eigenvalue weighted by atomic mass is 9.95. The summed E-state index contributed by atoms with van der Waals surface area (Å²) in [6.07, 6.45) is 2.31. The average molecular weight is 272 g/mol. The first-order chi connectivity index (χ1) is 9.84. The number of pyridine rings is 1. The molecule has 1 aliphatic heterocycles. The topological polar surface area (TPSA) is 34.1 Å². The Morgan fingerprint density at radius 1 is 1.20 bits per heavy atom. The van der Waals surface area contributed by atoms with Gasteiger partial charge < -0.3 is 10.1 Å². The van der Waals surface area contributed by atoms with Crippen molar-refractivity contribution in [3.8, 4) is 5.75 Å². The number of rotatable bonds is 4. The van der Waals surface area contributed by atoms with E-state index in [1.807, 2.05) is 30.3 Å². The zero-order valence-electron chi connectivity index (χ0n) is 11.1. The summed E-state index contributed by atoms with van der Waals surface area (Å²) in [6.45, 7) is 1.87. The lowest BCUT2D eigenvalue weighted by Crippen LogP contribution is -2.21. The van der Waals surface area contributed by atoms with E-state index in [-0.39, 0.29) is 11.9 Å². The minimum Gasteiger partial charge on any atom is -0.481 e. The molecule has 1 N–H and O–H groups in total. The second kappa shape index (κ2) is 6.01. The summed E-state index contributed by atoms with van der Waals surface area (Å²) in [7, 11) is 0. The van der Waals surface area contributed by atoms with E-state index in [2.05, 4.69) is 10.3 Å². The average Bonchev–Trinajstić information content (AvgIpc) is 3.01. The minimum absolute atomic E-state index is 0.148. The summed E-state index contributed by atoms with van der Waals surface area (Å²) >= 11 is 0. The van der Waals surface area contributed by atoms with Crippen LogP contribution in [0.1, 0.15) is 18.1 Å². The molecule has 3 rings (SSSR count). The summed E-state index contributed by atoms with van der Waals surface area (Å²) in [5.41, 5.74) is 1.07. The van der Waals surface area contributed by atoms with Gasteiger partial charge in [-0.15, -0.1) is 0 Å². The molecule has 1 fully saturated rings. The van der Waals surface area contributed by atoms with Gasteiger partial charge in [0.1, 0.15) is 6.10 Å². The highest BCUT2D eigenvalue weighted by atomic mass is 19.1. The van der Waals surface area contributed by atoms with Crippen molar-refractivity contribution in [2.24, 2.45) is 5.92 Å². The van der Waals surface area contributed by atoms with E-state index in [4.69, 9.17) is 4.74 Å². The standard InChI is InChI=1S/C16H17FN2O/c17-16-14(7-4-9-19-16)20-15(13-8-10-18-11-13)12-5-2-1-3-6-12/h1-7,9,13,15,18H,8,10-11H2/t13-,15-/m1/s1. The highest BCUT2D eigenvalue weighted by Crippen LogP contribution is 2.32. The second-order valence-electron chi connectivity index (χ2n) is 4.99. The van der Waals surface area contributed by atoms with E-state index in [9.17, 15) is 4.39 Å². The molecule has 2 heterocycles. The van der Waals surface area contributed by atoms with E-state index >= 15 is 0 Å². The number of benzene rings is 1. The predicted molar refractivity (Wildman–Crippen MR) is 75.0 cm³/mol. The van der Waals surface area contributed by atoms with Crippen LogP contribution >= 0.6 is 0 Å². The number of ether oxygens (including phenoxy) is 1. The van der Waals surface area contributed by atoms with Crippen molar-refractivity contribution in [3.05, 3.63) is 60.2 Å². The number of halogens is 1. The lowest BCUT2D eigenvalue weighted by Gasteiger charge is -2.24. The Balaban J connectivity index is 1.88. The fourth-order valence-electron chi connectivity index (χ4n) is 2.61. The first kappa shape index (κ1) is 13.1. The highest BCUT2D eigenvalue weighted by molar-refractivity contribution is 5.24. The maximum absolute atomic E-state index is 13.7. The maximum atomic E-state index is 13.7. The number of hydrogen-bond donors (Lipinski definition) is 1. The zero-order chi connectivity index (χ0) is 13.8. The largest absolute Gasteiger partial charge is 0.481 e. The highest BCUT2D eigenvalue weighted by Gasteiger charge is 2.28. The van der Waals surface area contributed by atoms with Crippen LogP contribution in [0.2, 0.25) is 0 Å². The molecule has 0 unspecified atom stereocenters. The van der Waals surface area contributed by atoms with Crippen LogP contribution < -0.4 is 10.1 Å². The SMILES string of the molecule is Fc1ncccc1O[C@H](c1ccccc1)[C@@H]1CCNC1. The van der Waals surface area contributed by atoms with E-state index in [1.54, 1.807) is 12.1 Å². The molecule has 0 radical (unpaired) electrons. The summed E-state index contributed by atoms with van der Waals surface area (Å²) in [5.74, 6) is 0.00430. The Bertz CT molecular complexity index is 555. The molecule has 2 aromatic rings. The van der Waals surface area contributed by atoms with Crippen LogP contribution in [0.25, 0.3) is 0 Å². The Morgan fingerprint density at radius 2 is 2.05 bits per heavy atom. The molecule has 1 aromatic heterocycles. The first-order valence-electron chi connectivity index (χ1n) is 6.87. The molecule has 1 aliphatic rings. The number of aromatic nitrogens is 1. The maximum Gasteiger partial charge on any atom is 0.255 e. The molecule has 0 saturated carbocycles. The Kier molecular flexibility index (Phi) is 3.92. The molecule has 104 valence electrons. The van der Waals surface area contributed by atoms with Crippen LogP contribution in [0.4, 0.5) is 4.39 Å². The third-order valence-corrected chi connectivity index (χ3v) is 3.63. The molecular formula is C16H17FN2O. The van der Waals surface area contributed by atoms with Crippen molar-refractivity contribution >= 4 is 0 Å². The van der Waals surface area contributed by atoms with Crippen LogP contribution in [-0.4, -0.2) is 18.1 Å². The first-order valence-corrected chi connectivity index (χ1v) is 6.87. The minimum atomic E-state index is -0.556. The predicted octanol–water partition coefficient (Wildman–Crippen LogP) is 2.95. The van der Waals surface area contributed by atoms with Gasteiger partial charge in [0.15, 0.2) is 5.75 Å². The zero-order valence-corrected chi connectivity index (χ0v) is 11.1. The van der Waals surface area contributed by atoms with Crippen LogP contribution in [0.5, 0.6) is 5.75 Å². The van der Waals surface area contributed by atoms with Crippen LogP contribution in [0, 0.1) is 11.9 Å². The summed E-state index contributed by atoms with van der Waals surface area (Å²) in [5, 5.41) is 3.33. The lowest BCUT2D eigenvalue weighted by molar-refractivity contribution is 0.136. The third kappa shape index (κ3) is 2.80. The molecule has 0 amide bonds. The van der Waals surface area contributed by atoms with Gasteiger partial charge in [-0.2, -0.15) is 4.39 Å². The Morgan fingerprint density at radius 3 is 2.75 bits per heavy atom. The third-order valence-electron chi connectivity index (χ3n) is 3.63. The van der Waals surface area contributed by atoms with Crippen molar-refractivity contribution in [1.82, 2.24) is 10.3 Å². The van der Waals surface area contributed by atoms with Gasteiger partial charge in [-0.25, -0.2) is 4.98 Å². The Labute approximate surface area is 117 Å². The summed E-state index contributed by atoms with van der Waals surface area (Å²) < 4.78 is 19.6. The molecular weight excluding hydrogens is 255 g/mol. The van der Waals surface area contributed by atoms with E-state index in [0.29, 0.717) is 5.92 Å². The van der Waals surface area contributed by atoms with E-state index in [0.717, 1.165) is 25.1 Å². The van der Waals surface area contributed by atoms with Gasteiger partial charge in [0.05, 0.1) is 0 Å². The molecule has 1 saturated heterocycles. The van der Waals surface area contributed by atoms with E-state index < -0.39 is 5.95 Å². The number of nitrogens with zero attached hydrogens (tertiary/aromatic N) is 1. The molecule has 1 aromatic carbocycles. The second-order valence-corrected chi connectivity index (χ2v) is 4.99. The molecule has 0 aliphatic carbocycles. The summed E-state index contributed by atoms with van der Waals surface area (Å²) in [6, 6.07) is 13.3. The van der Waals surface area contributed by atoms with Gasteiger partial charge in [0.2, 0.25) is 0 Å². The molecule has 0 spiro atoms.